The molecule has 0 saturated carbocycles. The molecule has 8 nitrogen and oxygen atoms in total. The van der Waals surface area contributed by atoms with E-state index in [0.717, 1.165) is 5.56 Å². The highest BCUT2D eigenvalue weighted by atomic mass is 35.5. The second-order valence-corrected chi connectivity index (χ2v) is 8.46. The third-order valence-electron chi connectivity index (χ3n) is 5.10. The lowest BCUT2D eigenvalue weighted by Gasteiger charge is -2.15. The summed E-state index contributed by atoms with van der Waals surface area (Å²) in [6.45, 7) is 0. The second kappa shape index (κ2) is 11.6. The van der Waals surface area contributed by atoms with Crippen LogP contribution in [0.15, 0.2) is 84.9 Å². The van der Waals surface area contributed by atoms with Crippen LogP contribution in [0.4, 0.5) is 16.3 Å². The van der Waals surface area contributed by atoms with Gasteiger partial charge < -0.3 is 15.8 Å². The molecule has 0 aliphatic carbocycles. The average molecular weight is 522 g/mol. The summed E-state index contributed by atoms with van der Waals surface area (Å²) in [6, 6.07) is 23.2. The summed E-state index contributed by atoms with van der Waals surface area (Å²) in [4.78, 5) is 25.1. The van der Waals surface area contributed by atoms with Gasteiger partial charge in [-0.2, -0.15) is 0 Å². The van der Waals surface area contributed by atoms with Gasteiger partial charge in [0.25, 0.3) is 0 Å². The predicted octanol–water partition coefficient (Wildman–Crippen LogP) is 6.09. The maximum atomic E-state index is 12.5. The molecule has 3 aromatic carbocycles. The predicted molar refractivity (Wildman–Crippen MR) is 140 cm³/mol. The van der Waals surface area contributed by atoms with Crippen LogP contribution in [0.2, 0.25) is 10.0 Å². The Kier molecular flexibility index (Phi) is 8.12. The third kappa shape index (κ3) is 6.37. The lowest BCUT2D eigenvalue weighted by molar-refractivity contribution is -0.134. The number of benzene rings is 3. The molecule has 0 bridgehead atoms. The minimum atomic E-state index is -0.718. The quantitative estimate of drug-likeness (QED) is 0.200. The van der Waals surface area contributed by atoms with Gasteiger partial charge in [0.05, 0.1) is 27.8 Å². The van der Waals surface area contributed by atoms with E-state index in [0.29, 0.717) is 16.3 Å². The van der Waals surface area contributed by atoms with Crippen molar-refractivity contribution in [3.8, 4) is 17.0 Å². The van der Waals surface area contributed by atoms with Crippen molar-refractivity contribution in [1.82, 2.24) is 10.2 Å². The molecule has 1 aromatic heterocycles. The van der Waals surface area contributed by atoms with Crippen molar-refractivity contribution in [2.24, 2.45) is 5.73 Å². The van der Waals surface area contributed by atoms with Gasteiger partial charge in [0.15, 0.2) is 11.6 Å². The van der Waals surface area contributed by atoms with Gasteiger partial charge >= 0.3 is 12.0 Å². The molecule has 1 unspecified atom stereocenters. The number of hydrogen-bond donors (Lipinski definition) is 3. The second-order valence-electron chi connectivity index (χ2n) is 7.67. The number of amides is 2. The van der Waals surface area contributed by atoms with Gasteiger partial charge in [-0.25, -0.2) is 4.79 Å². The third-order valence-corrected chi connectivity index (χ3v) is 5.94. The van der Waals surface area contributed by atoms with E-state index in [4.69, 9.17) is 33.7 Å². The van der Waals surface area contributed by atoms with Crippen molar-refractivity contribution in [2.45, 2.75) is 12.5 Å². The first-order chi connectivity index (χ1) is 17.4. The normalized spacial score (nSPS) is 11.4. The number of esters is 1. The van der Waals surface area contributed by atoms with Gasteiger partial charge in [0.1, 0.15) is 0 Å². The Morgan fingerprint density at radius 2 is 1.61 bits per heavy atom. The molecule has 0 aliphatic heterocycles. The van der Waals surface area contributed by atoms with Crippen LogP contribution in [0.3, 0.4) is 0 Å². The number of para-hydroxylation sites is 2. The summed E-state index contributed by atoms with van der Waals surface area (Å²) in [5, 5.41) is 14.1. The first kappa shape index (κ1) is 25.1. The van der Waals surface area contributed by atoms with E-state index >= 15 is 0 Å². The number of nitrogens with two attached hydrogens (primary N) is 1. The van der Waals surface area contributed by atoms with E-state index in [1.54, 1.807) is 54.6 Å². The summed E-state index contributed by atoms with van der Waals surface area (Å²) < 4.78 is 5.46. The molecule has 10 heteroatoms. The van der Waals surface area contributed by atoms with Crippen molar-refractivity contribution in [3.05, 3.63) is 101 Å². The summed E-state index contributed by atoms with van der Waals surface area (Å²) in [6.07, 6.45) is -0.149. The van der Waals surface area contributed by atoms with E-state index in [1.807, 2.05) is 30.3 Å². The zero-order valence-electron chi connectivity index (χ0n) is 18.8. The Morgan fingerprint density at radius 1 is 0.861 bits per heavy atom. The Morgan fingerprint density at radius 3 is 2.36 bits per heavy atom. The van der Waals surface area contributed by atoms with Crippen LogP contribution < -0.4 is 21.1 Å². The number of nitrogens with one attached hydrogen (secondary N) is 2. The van der Waals surface area contributed by atoms with E-state index in [9.17, 15) is 9.59 Å². The van der Waals surface area contributed by atoms with Gasteiger partial charge in [0, 0.05) is 11.6 Å². The van der Waals surface area contributed by atoms with Gasteiger partial charge in [-0.3, -0.25) is 10.1 Å². The molecule has 0 spiro atoms. The van der Waals surface area contributed by atoms with Crippen molar-refractivity contribution in [2.75, 3.05) is 10.6 Å². The first-order valence-electron chi connectivity index (χ1n) is 10.9. The number of hydrogen-bond acceptors (Lipinski definition) is 6. The van der Waals surface area contributed by atoms with Gasteiger partial charge in [-0.05, 0) is 35.9 Å². The minimum Gasteiger partial charge on any atom is -0.424 e. The average Bonchev–Trinajstić information content (AvgIpc) is 2.87. The number of anilines is 2. The van der Waals surface area contributed by atoms with Crippen LogP contribution in [0, 0.1) is 0 Å². The van der Waals surface area contributed by atoms with E-state index < -0.39 is 18.0 Å². The highest BCUT2D eigenvalue weighted by Crippen LogP contribution is 2.31. The smallest absolute Gasteiger partial charge is 0.325 e. The number of halogens is 2. The topological polar surface area (TPSA) is 119 Å². The maximum absolute atomic E-state index is 12.5. The SMILES string of the molecule is NC(CC(=O)Oc1ccccc1NC(=O)Nc1ccc(-c2ccccc2)nn1)c1cccc(Cl)c1Cl. The molecule has 4 rings (SSSR count). The van der Waals surface area contributed by atoms with Crippen molar-refractivity contribution in [3.63, 3.8) is 0 Å². The fourth-order valence-electron chi connectivity index (χ4n) is 3.35. The largest absolute Gasteiger partial charge is 0.424 e. The first-order valence-corrected chi connectivity index (χ1v) is 11.6. The van der Waals surface area contributed by atoms with Gasteiger partial charge in [0.2, 0.25) is 0 Å². The molecule has 1 heterocycles. The molecule has 0 aliphatic rings. The number of aromatic nitrogens is 2. The maximum Gasteiger partial charge on any atom is 0.325 e. The monoisotopic (exact) mass is 521 g/mol. The number of carbonyl (C=O) groups excluding carboxylic acids is 2. The molecule has 1 atom stereocenters. The molecule has 0 radical (unpaired) electrons. The number of ether oxygens (including phenoxy) is 1. The molecule has 182 valence electrons. The summed E-state index contributed by atoms with van der Waals surface area (Å²) >= 11 is 12.2. The van der Waals surface area contributed by atoms with Gasteiger partial charge in [-0.1, -0.05) is 77.8 Å². The van der Waals surface area contributed by atoms with Crippen LogP contribution in [0.5, 0.6) is 5.75 Å². The van der Waals surface area contributed by atoms with E-state index in [-0.39, 0.29) is 28.7 Å². The number of carbonyl (C=O) groups is 2. The fourth-order valence-corrected chi connectivity index (χ4v) is 3.80. The molecular formula is C26H21Cl2N5O3. The Balaban J connectivity index is 1.37. The molecule has 36 heavy (non-hydrogen) atoms. The standard InChI is InChI=1S/C26H21Cl2N5O3/c27-18-10-6-9-17(25(18)28)19(29)15-24(34)36-22-12-5-4-11-21(22)30-26(35)31-23-14-13-20(32-33-23)16-7-2-1-3-8-16/h1-14,19H,15,29H2,(H2,30,31,33,35). The highest BCUT2D eigenvalue weighted by Gasteiger charge is 2.19. The minimum absolute atomic E-state index is 0.149. The Bertz CT molecular complexity index is 1370. The van der Waals surface area contributed by atoms with Crippen molar-refractivity contribution in [1.29, 1.82) is 0 Å². The van der Waals surface area contributed by atoms with Crippen LogP contribution >= 0.6 is 23.2 Å². The fraction of sp³-hybridized carbons (Fsp3) is 0.0769. The van der Waals surface area contributed by atoms with Gasteiger partial charge in [-0.15, -0.1) is 10.2 Å². The molecule has 0 saturated heterocycles. The summed E-state index contributed by atoms with van der Waals surface area (Å²) in [5.41, 5.74) is 8.54. The summed E-state index contributed by atoms with van der Waals surface area (Å²) in [7, 11) is 0. The molecule has 2 amide bonds. The number of nitrogens with zero attached hydrogens (tertiary/aromatic N) is 2. The van der Waals surface area contributed by atoms with Crippen LogP contribution in [-0.4, -0.2) is 22.2 Å². The molecule has 4 aromatic rings. The van der Waals surface area contributed by atoms with Crippen LogP contribution in [0.25, 0.3) is 11.3 Å². The Labute approximate surface area is 217 Å². The zero-order chi connectivity index (χ0) is 25.5. The lowest BCUT2D eigenvalue weighted by Crippen LogP contribution is -2.22. The number of rotatable bonds is 7. The van der Waals surface area contributed by atoms with Crippen molar-refractivity contribution >= 4 is 46.7 Å². The van der Waals surface area contributed by atoms with Crippen LogP contribution in [-0.2, 0) is 4.79 Å². The zero-order valence-corrected chi connectivity index (χ0v) is 20.3. The molecule has 4 N–H and O–H groups in total. The summed E-state index contributed by atoms with van der Waals surface area (Å²) in [5.74, 6) is -0.186. The number of urea groups is 1. The van der Waals surface area contributed by atoms with Crippen molar-refractivity contribution < 1.29 is 14.3 Å². The van der Waals surface area contributed by atoms with Crippen LogP contribution in [0.1, 0.15) is 18.0 Å². The highest BCUT2D eigenvalue weighted by molar-refractivity contribution is 6.42. The lowest BCUT2D eigenvalue weighted by atomic mass is 10.0. The molecule has 0 fully saturated rings. The Hall–Kier alpha value is -3.98. The van der Waals surface area contributed by atoms with E-state index in [2.05, 4.69) is 20.8 Å². The molecular weight excluding hydrogens is 501 g/mol. The van der Waals surface area contributed by atoms with E-state index in [1.165, 1.54) is 0 Å².